The fourth-order valence-electron chi connectivity index (χ4n) is 0.709. The number of aromatic carboxylic acids is 1. The average Bonchev–Trinajstić information content (AvgIpc) is 1.85. The first-order valence-corrected chi connectivity index (χ1v) is 2.94. The van der Waals surface area contributed by atoms with Crippen molar-refractivity contribution >= 4 is 5.97 Å². The molecule has 0 aliphatic rings. The van der Waals surface area contributed by atoms with E-state index in [2.05, 4.69) is 0 Å². The first kappa shape index (κ1) is 11.4. The molecular formula is C7H6NaO4+. The van der Waals surface area contributed by atoms with Crippen molar-refractivity contribution in [3.8, 4) is 0 Å². The molecule has 0 aromatic carbocycles. The molecule has 12 heavy (non-hydrogen) atoms. The fourth-order valence-corrected chi connectivity index (χ4v) is 0.709. The van der Waals surface area contributed by atoms with Crippen LogP contribution >= 0.6 is 0 Å². The van der Waals surface area contributed by atoms with Crippen molar-refractivity contribution in [2.24, 2.45) is 0 Å². The van der Waals surface area contributed by atoms with Gasteiger partial charge in [0.05, 0.1) is 0 Å². The molecule has 0 aliphatic heterocycles. The number of rotatable bonds is 1. The standard InChI is InChI=1S/C7H6O4.Na/c1-4-2-5(8)3-6(11-4)7(9)10;/h2-3H,1H3,(H,9,10);/q;+1. The Labute approximate surface area is 90.5 Å². The molecule has 0 aliphatic carbocycles. The van der Waals surface area contributed by atoms with Gasteiger partial charge in [-0.3, -0.25) is 4.79 Å². The summed E-state index contributed by atoms with van der Waals surface area (Å²) in [5, 5.41) is 8.40. The van der Waals surface area contributed by atoms with Gasteiger partial charge in [-0.05, 0) is 6.92 Å². The number of carboxylic acids is 1. The summed E-state index contributed by atoms with van der Waals surface area (Å²) in [6.45, 7) is 1.52. The van der Waals surface area contributed by atoms with Crippen molar-refractivity contribution in [2.75, 3.05) is 0 Å². The van der Waals surface area contributed by atoms with E-state index in [1.807, 2.05) is 0 Å². The Morgan fingerprint density at radius 3 is 2.50 bits per heavy atom. The van der Waals surface area contributed by atoms with Gasteiger partial charge in [-0.25, -0.2) is 4.79 Å². The smallest absolute Gasteiger partial charge is 0.475 e. The van der Waals surface area contributed by atoms with E-state index in [4.69, 9.17) is 9.52 Å². The van der Waals surface area contributed by atoms with Crippen molar-refractivity contribution < 1.29 is 43.9 Å². The Hall–Kier alpha value is -0.580. The van der Waals surface area contributed by atoms with Crippen molar-refractivity contribution in [3.63, 3.8) is 0 Å². The molecule has 0 saturated carbocycles. The fraction of sp³-hybridized carbons (Fsp3) is 0.143. The van der Waals surface area contributed by atoms with Gasteiger partial charge >= 0.3 is 35.5 Å². The van der Waals surface area contributed by atoms with Crippen LogP contribution < -0.4 is 35.0 Å². The van der Waals surface area contributed by atoms with Gasteiger partial charge in [0, 0.05) is 12.1 Å². The van der Waals surface area contributed by atoms with E-state index in [9.17, 15) is 9.59 Å². The van der Waals surface area contributed by atoms with Crippen LogP contribution in [0.25, 0.3) is 0 Å². The molecule has 58 valence electrons. The van der Waals surface area contributed by atoms with Crippen molar-refractivity contribution in [3.05, 3.63) is 33.9 Å². The van der Waals surface area contributed by atoms with Crippen LogP contribution in [0.4, 0.5) is 0 Å². The summed E-state index contributed by atoms with van der Waals surface area (Å²) in [6.07, 6.45) is 0. The molecule has 0 radical (unpaired) electrons. The molecule has 0 spiro atoms. The predicted molar refractivity (Wildman–Crippen MR) is 36.7 cm³/mol. The van der Waals surface area contributed by atoms with Crippen LogP contribution in [0.5, 0.6) is 0 Å². The molecule has 5 heteroatoms. The molecule has 0 fully saturated rings. The molecular weight excluding hydrogens is 171 g/mol. The predicted octanol–water partition coefficient (Wildman–Crippen LogP) is -2.35. The van der Waals surface area contributed by atoms with Crippen LogP contribution in [-0.2, 0) is 0 Å². The van der Waals surface area contributed by atoms with Gasteiger partial charge in [0.2, 0.25) is 5.76 Å². The maximum Gasteiger partial charge on any atom is 1.00 e. The van der Waals surface area contributed by atoms with Crippen molar-refractivity contribution in [1.82, 2.24) is 0 Å². The van der Waals surface area contributed by atoms with Crippen LogP contribution in [0.15, 0.2) is 21.3 Å². The van der Waals surface area contributed by atoms with E-state index in [-0.39, 0.29) is 40.7 Å². The molecule has 0 amide bonds. The molecule has 0 saturated heterocycles. The van der Waals surface area contributed by atoms with Gasteiger partial charge in [-0.1, -0.05) is 0 Å². The zero-order valence-corrected chi connectivity index (χ0v) is 8.83. The second-order valence-corrected chi connectivity index (χ2v) is 2.07. The van der Waals surface area contributed by atoms with Gasteiger partial charge in [-0.15, -0.1) is 0 Å². The third kappa shape index (κ3) is 2.81. The summed E-state index contributed by atoms with van der Waals surface area (Å²) in [5.74, 6) is -1.25. The second-order valence-electron chi connectivity index (χ2n) is 2.07. The Morgan fingerprint density at radius 1 is 1.50 bits per heavy atom. The minimum absolute atomic E-state index is 0. The number of carbonyl (C=O) groups is 1. The normalized spacial score (nSPS) is 8.75. The molecule has 1 heterocycles. The van der Waals surface area contributed by atoms with Gasteiger partial charge in [0.15, 0.2) is 5.43 Å². The van der Waals surface area contributed by atoms with Gasteiger partial charge < -0.3 is 9.52 Å². The Bertz CT molecular complexity index is 342. The number of hydrogen-bond acceptors (Lipinski definition) is 3. The molecule has 0 atom stereocenters. The Morgan fingerprint density at radius 2 is 2.08 bits per heavy atom. The van der Waals surface area contributed by atoms with Gasteiger partial charge in [0.1, 0.15) is 5.76 Å². The first-order valence-electron chi connectivity index (χ1n) is 2.94. The third-order valence-electron chi connectivity index (χ3n) is 1.10. The Kier molecular flexibility index (Phi) is 4.23. The van der Waals surface area contributed by atoms with Crippen molar-refractivity contribution in [2.45, 2.75) is 6.92 Å². The molecule has 1 N–H and O–H groups in total. The third-order valence-corrected chi connectivity index (χ3v) is 1.10. The maximum absolute atomic E-state index is 10.7. The molecule has 4 nitrogen and oxygen atoms in total. The summed E-state index contributed by atoms with van der Waals surface area (Å²) >= 11 is 0. The summed E-state index contributed by atoms with van der Waals surface area (Å²) < 4.78 is 4.72. The van der Waals surface area contributed by atoms with E-state index >= 15 is 0 Å². The van der Waals surface area contributed by atoms with E-state index in [1.54, 1.807) is 0 Å². The monoisotopic (exact) mass is 177 g/mol. The zero-order valence-electron chi connectivity index (χ0n) is 6.83. The van der Waals surface area contributed by atoms with Crippen LogP contribution in [0, 0.1) is 6.92 Å². The largest absolute Gasteiger partial charge is 1.00 e. The van der Waals surface area contributed by atoms with Crippen LogP contribution in [0.2, 0.25) is 0 Å². The topological polar surface area (TPSA) is 67.5 Å². The van der Waals surface area contributed by atoms with E-state index < -0.39 is 5.97 Å². The van der Waals surface area contributed by atoms with Gasteiger partial charge in [0.25, 0.3) is 0 Å². The summed E-state index contributed by atoms with van der Waals surface area (Å²) in [7, 11) is 0. The quantitative estimate of drug-likeness (QED) is 0.488. The summed E-state index contributed by atoms with van der Waals surface area (Å²) in [5.41, 5.74) is -0.355. The number of hydrogen-bond donors (Lipinski definition) is 1. The molecule has 1 aromatic rings. The second kappa shape index (κ2) is 4.45. The van der Waals surface area contributed by atoms with E-state index in [1.165, 1.54) is 13.0 Å². The van der Waals surface area contributed by atoms with Gasteiger partial charge in [-0.2, -0.15) is 0 Å². The molecule has 1 aromatic heterocycles. The number of aryl methyl sites for hydroxylation is 1. The van der Waals surface area contributed by atoms with Crippen LogP contribution in [0.1, 0.15) is 16.3 Å². The first-order chi connectivity index (χ1) is 5.09. The van der Waals surface area contributed by atoms with E-state index in [0.29, 0.717) is 5.76 Å². The van der Waals surface area contributed by atoms with Crippen molar-refractivity contribution in [1.29, 1.82) is 0 Å². The summed E-state index contributed by atoms with van der Waals surface area (Å²) in [6, 6.07) is 2.17. The molecule has 1 rings (SSSR count). The van der Waals surface area contributed by atoms with Crippen LogP contribution in [0.3, 0.4) is 0 Å². The zero-order chi connectivity index (χ0) is 8.43. The SMILES string of the molecule is Cc1cc(=O)cc(C(=O)O)o1.[Na+]. The average molecular weight is 177 g/mol. The molecule has 0 bridgehead atoms. The minimum Gasteiger partial charge on any atom is -0.475 e. The number of carboxylic acid groups (broad SMARTS) is 1. The Balaban J connectivity index is 0.00000121. The minimum atomic E-state index is -1.23. The molecule has 0 unspecified atom stereocenters. The maximum atomic E-state index is 10.7. The summed E-state index contributed by atoms with van der Waals surface area (Å²) in [4.78, 5) is 21.0. The van der Waals surface area contributed by atoms with Crippen LogP contribution in [-0.4, -0.2) is 11.1 Å². The van der Waals surface area contributed by atoms with E-state index in [0.717, 1.165) is 6.07 Å².